The molecule has 2 aliphatic rings. The standard InChI is InChI=1S/C26H29N5O3S/c1-35(33,34)18-24-17-30(26(32)22-13-23(28)16-29-15-22)10-11-31(24)25(20-7-3-2-4-8-20)21-9-5-6-19(12-21)14-27/h2-9,12,15-16,23-25H,10-11,13,17-18,28H2,1H3/t23?,24-,25+/m1/s1. The first-order valence-electron chi connectivity index (χ1n) is 11.5. The fourth-order valence-corrected chi connectivity index (χ4v) is 5.82. The van der Waals surface area contributed by atoms with Gasteiger partial charge in [-0.3, -0.25) is 14.7 Å². The third kappa shape index (κ3) is 6.03. The molecule has 2 aliphatic heterocycles. The summed E-state index contributed by atoms with van der Waals surface area (Å²) < 4.78 is 24.9. The van der Waals surface area contributed by atoms with Crippen LogP contribution in [-0.4, -0.2) is 74.1 Å². The number of benzene rings is 2. The van der Waals surface area contributed by atoms with Gasteiger partial charge in [-0.1, -0.05) is 42.5 Å². The lowest BCUT2D eigenvalue weighted by Gasteiger charge is -2.45. The maximum atomic E-state index is 13.2. The summed E-state index contributed by atoms with van der Waals surface area (Å²) in [6.45, 7) is 1.19. The maximum absolute atomic E-state index is 13.2. The molecule has 0 aromatic heterocycles. The van der Waals surface area contributed by atoms with Gasteiger partial charge in [-0.15, -0.1) is 0 Å². The Balaban J connectivity index is 1.70. The SMILES string of the molecule is CS(=O)(=O)C[C@H]1CN(C(=O)C2=CN=CC(N)C2)CCN1[C@@H](c1ccccc1)c1cccc(C#N)c1. The van der Waals surface area contributed by atoms with Gasteiger partial charge in [0.15, 0.2) is 0 Å². The van der Waals surface area contributed by atoms with Crippen LogP contribution in [0.3, 0.4) is 0 Å². The van der Waals surface area contributed by atoms with E-state index in [-0.39, 0.29) is 30.3 Å². The predicted octanol–water partition coefficient (Wildman–Crippen LogP) is 1.89. The predicted molar refractivity (Wildman–Crippen MR) is 135 cm³/mol. The summed E-state index contributed by atoms with van der Waals surface area (Å²) in [5.74, 6) is -0.243. The van der Waals surface area contributed by atoms with E-state index in [9.17, 15) is 18.5 Å². The van der Waals surface area contributed by atoms with Crippen molar-refractivity contribution in [2.75, 3.05) is 31.6 Å². The fourth-order valence-electron chi connectivity index (χ4n) is 4.83. The number of carbonyl (C=O) groups excluding carboxylic acids is 1. The Kier molecular flexibility index (Phi) is 7.45. The van der Waals surface area contributed by atoms with Crippen LogP contribution in [0.2, 0.25) is 0 Å². The van der Waals surface area contributed by atoms with Gasteiger partial charge >= 0.3 is 0 Å². The summed E-state index contributed by atoms with van der Waals surface area (Å²) >= 11 is 0. The first kappa shape index (κ1) is 24.8. The third-order valence-corrected chi connectivity index (χ3v) is 7.32. The van der Waals surface area contributed by atoms with Crippen molar-refractivity contribution in [3.8, 4) is 6.07 Å². The Morgan fingerprint density at radius 3 is 2.60 bits per heavy atom. The molecule has 2 heterocycles. The minimum Gasteiger partial charge on any atom is -0.336 e. The van der Waals surface area contributed by atoms with Crippen molar-refractivity contribution in [3.63, 3.8) is 0 Å². The zero-order chi connectivity index (χ0) is 25.0. The lowest BCUT2D eigenvalue weighted by Crippen LogP contribution is -2.58. The molecular formula is C26H29N5O3S. The molecule has 0 bridgehead atoms. The zero-order valence-electron chi connectivity index (χ0n) is 19.6. The van der Waals surface area contributed by atoms with Crippen LogP contribution in [0.1, 0.15) is 29.2 Å². The van der Waals surface area contributed by atoms with E-state index in [1.54, 1.807) is 23.4 Å². The van der Waals surface area contributed by atoms with Gasteiger partial charge in [0.05, 0.1) is 23.4 Å². The summed E-state index contributed by atoms with van der Waals surface area (Å²) in [6.07, 6.45) is 4.79. The Morgan fingerprint density at radius 2 is 1.91 bits per heavy atom. The first-order chi connectivity index (χ1) is 16.7. The smallest absolute Gasteiger partial charge is 0.251 e. The zero-order valence-corrected chi connectivity index (χ0v) is 20.4. The van der Waals surface area contributed by atoms with Crippen LogP contribution < -0.4 is 5.73 Å². The topological polar surface area (TPSA) is 120 Å². The van der Waals surface area contributed by atoms with Crippen LogP contribution in [0.4, 0.5) is 0 Å². The lowest BCUT2D eigenvalue weighted by molar-refractivity contribution is -0.130. The second kappa shape index (κ2) is 10.5. The lowest BCUT2D eigenvalue weighted by atomic mass is 9.93. The first-order valence-corrected chi connectivity index (χ1v) is 13.6. The van der Waals surface area contributed by atoms with Gasteiger partial charge in [0, 0.05) is 56.0 Å². The molecule has 9 heteroatoms. The highest BCUT2D eigenvalue weighted by molar-refractivity contribution is 7.90. The molecular weight excluding hydrogens is 462 g/mol. The highest BCUT2D eigenvalue weighted by Gasteiger charge is 2.37. The van der Waals surface area contributed by atoms with Crippen LogP contribution >= 0.6 is 0 Å². The number of hydrogen-bond donors (Lipinski definition) is 1. The maximum Gasteiger partial charge on any atom is 0.251 e. The molecule has 0 aliphatic carbocycles. The molecule has 0 radical (unpaired) electrons. The second-order valence-corrected chi connectivity index (χ2v) is 11.3. The Bertz CT molecular complexity index is 1280. The molecule has 1 amide bonds. The van der Waals surface area contributed by atoms with Crippen molar-refractivity contribution in [1.29, 1.82) is 5.26 Å². The molecule has 35 heavy (non-hydrogen) atoms. The Morgan fingerprint density at radius 1 is 1.17 bits per heavy atom. The number of hydrogen-bond acceptors (Lipinski definition) is 7. The normalized spacial score (nSPS) is 21.7. The highest BCUT2D eigenvalue weighted by Crippen LogP contribution is 2.33. The molecule has 8 nitrogen and oxygen atoms in total. The number of rotatable bonds is 6. The van der Waals surface area contributed by atoms with Crippen molar-refractivity contribution in [2.45, 2.75) is 24.5 Å². The van der Waals surface area contributed by atoms with Crippen molar-refractivity contribution in [1.82, 2.24) is 9.80 Å². The minimum atomic E-state index is -3.34. The molecule has 1 saturated heterocycles. The van der Waals surface area contributed by atoms with Crippen molar-refractivity contribution in [3.05, 3.63) is 83.1 Å². The molecule has 0 saturated carbocycles. The van der Waals surface area contributed by atoms with E-state index in [4.69, 9.17) is 5.73 Å². The largest absolute Gasteiger partial charge is 0.336 e. The number of amides is 1. The van der Waals surface area contributed by atoms with E-state index in [0.717, 1.165) is 11.1 Å². The van der Waals surface area contributed by atoms with Gasteiger partial charge < -0.3 is 10.6 Å². The molecule has 2 aromatic carbocycles. The summed E-state index contributed by atoms with van der Waals surface area (Å²) in [6, 6.07) is 18.4. The van der Waals surface area contributed by atoms with Crippen LogP contribution in [0.15, 0.2) is 71.4 Å². The highest BCUT2D eigenvalue weighted by atomic mass is 32.2. The van der Waals surface area contributed by atoms with Gasteiger partial charge in [-0.25, -0.2) is 8.42 Å². The number of nitriles is 1. The Hall–Kier alpha value is -3.32. The van der Waals surface area contributed by atoms with Gasteiger partial charge in [-0.2, -0.15) is 5.26 Å². The van der Waals surface area contributed by atoms with Gasteiger partial charge in [0.2, 0.25) is 0 Å². The Labute approximate surface area is 206 Å². The van der Waals surface area contributed by atoms with Crippen molar-refractivity contribution in [2.24, 2.45) is 10.7 Å². The van der Waals surface area contributed by atoms with E-state index in [0.29, 0.717) is 30.6 Å². The number of nitrogens with zero attached hydrogens (tertiary/aromatic N) is 4. The number of nitrogens with two attached hydrogens (primary N) is 1. The summed E-state index contributed by atoms with van der Waals surface area (Å²) in [7, 11) is -3.34. The van der Waals surface area contributed by atoms with E-state index in [2.05, 4.69) is 16.0 Å². The second-order valence-electron chi connectivity index (χ2n) is 9.11. The fraction of sp³-hybridized carbons (Fsp3) is 0.346. The molecule has 2 aromatic rings. The average molecular weight is 492 g/mol. The number of aliphatic imine (C=N–C) groups is 1. The average Bonchev–Trinajstić information content (AvgIpc) is 2.84. The summed E-state index contributed by atoms with van der Waals surface area (Å²) in [5.41, 5.74) is 8.92. The molecule has 3 atom stereocenters. The molecule has 0 spiro atoms. The van der Waals surface area contributed by atoms with Crippen LogP contribution in [0.5, 0.6) is 0 Å². The van der Waals surface area contributed by atoms with Crippen LogP contribution in [-0.2, 0) is 14.6 Å². The quantitative estimate of drug-likeness (QED) is 0.659. The number of carbonyl (C=O) groups is 1. The molecule has 182 valence electrons. The number of piperazine rings is 1. The van der Waals surface area contributed by atoms with E-state index >= 15 is 0 Å². The van der Waals surface area contributed by atoms with Crippen LogP contribution in [0, 0.1) is 11.3 Å². The van der Waals surface area contributed by atoms with E-state index in [1.165, 1.54) is 6.26 Å². The third-order valence-electron chi connectivity index (χ3n) is 6.33. The van der Waals surface area contributed by atoms with Gasteiger partial charge in [0.1, 0.15) is 9.84 Å². The number of sulfone groups is 1. The molecule has 4 rings (SSSR count). The van der Waals surface area contributed by atoms with Crippen molar-refractivity contribution < 1.29 is 13.2 Å². The van der Waals surface area contributed by atoms with E-state index < -0.39 is 15.9 Å². The van der Waals surface area contributed by atoms with E-state index in [1.807, 2.05) is 48.5 Å². The van der Waals surface area contributed by atoms with Crippen molar-refractivity contribution >= 4 is 22.0 Å². The molecule has 1 fully saturated rings. The van der Waals surface area contributed by atoms with Gasteiger partial charge in [0.25, 0.3) is 5.91 Å². The monoisotopic (exact) mass is 491 g/mol. The summed E-state index contributed by atoms with van der Waals surface area (Å²) in [5, 5.41) is 9.46. The van der Waals surface area contributed by atoms with Gasteiger partial charge in [-0.05, 0) is 29.7 Å². The molecule has 2 N–H and O–H groups in total. The minimum absolute atomic E-state index is 0.0885. The summed E-state index contributed by atoms with van der Waals surface area (Å²) in [4.78, 5) is 21.2. The van der Waals surface area contributed by atoms with Crippen LogP contribution in [0.25, 0.3) is 0 Å². The molecule has 1 unspecified atom stereocenters.